The highest BCUT2D eigenvalue weighted by Gasteiger charge is 2.10. The summed E-state index contributed by atoms with van der Waals surface area (Å²) in [6, 6.07) is 0.0266. The van der Waals surface area contributed by atoms with Crippen LogP contribution in [0, 0.1) is 0 Å². The lowest BCUT2D eigenvalue weighted by Gasteiger charge is -1.96. The second-order valence-corrected chi connectivity index (χ2v) is 3.79. The molecule has 0 aliphatic heterocycles. The van der Waals surface area contributed by atoms with E-state index >= 15 is 0 Å². The average molecular weight is 210 g/mol. The van der Waals surface area contributed by atoms with Crippen molar-refractivity contribution in [2.24, 2.45) is 5.73 Å². The monoisotopic (exact) mass is 210 g/mol. The molecule has 0 aliphatic rings. The third-order valence-corrected chi connectivity index (χ3v) is 2.21. The van der Waals surface area contributed by atoms with E-state index in [0.29, 0.717) is 18.1 Å². The molecule has 6 heteroatoms. The summed E-state index contributed by atoms with van der Waals surface area (Å²) in [5, 5.41) is 5.69. The molecule has 0 amide bonds. The van der Waals surface area contributed by atoms with E-state index in [2.05, 4.69) is 15.1 Å². The lowest BCUT2D eigenvalue weighted by Crippen LogP contribution is -2.17. The van der Waals surface area contributed by atoms with Crippen molar-refractivity contribution in [1.29, 1.82) is 0 Å². The van der Waals surface area contributed by atoms with Gasteiger partial charge >= 0.3 is 0 Å². The van der Waals surface area contributed by atoms with Crippen LogP contribution in [0.1, 0.15) is 12.8 Å². The minimum atomic E-state index is 0.0266. The van der Waals surface area contributed by atoms with Crippen LogP contribution in [0.25, 0.3) is 11.5 Å². The molecule has 0 saturated carbocycles. The molecule has 0 fully saturated rings. The second-order valence-electron chi connectivity index (χ2n) is 3.07. The molecule has 1 atom stereocenters. The Morgan fingerprint density at radius 3 is 3.14 bits per heavy atom. The molecule has 0 saturated heterocycles. The van der Waals surface area contributed by atoms with Gasteiger partial charge in [0.15, 0.2) is 0 Å². The molecule has 14 heavy (non-hydrogen) atoms. The molecular weight excluding hydrogens is 200 g/mol. The topological polar surface area (TPSA) is 77.8 Å². The Morgan fingerprint density at radius 2 is 2.50 bits per heavy atom. The molecule has 1 unspecified atom stereocenters. The molecule has 2 heterocycles. The van der Waals surface area contributed by atoms with Crippen molar-refractivity contribution in [3.8, 4) is 11.5 Å². The van der Waals surface area contributed by atoms with Crippen LogP contribution in [-0.4, -0.2) is 21.2 Å². The van der Waals surface area contributed by atoms with Gasteiger partial charge in [-0.2, -0.15) is 4.98 Å². The summed E-state index contributed by atoms with van der Waals surface area (Å²) < 4.78 is 5.02. The van der Waals surface area contributed by atoms with Gasteiger partial charge < -0.3 is 10.3 Å². The smallest absolute Gasteiger partial charge is 0.228 e. The van der Waals surface area contributed by atoms with Crippen molar-refractivity contribution in [2.45, 2.75) is 19.4 Å². The molecule has 0 bridgehead atoms. The highest BCUT2D eigenvalue weighted by molar-refractivity contribution is 7.07. The largest absolute Gasteiger partial charge is 0.339 e. The zero-order chi connectivity index (χ0) is 9.97. The lowest BCUT2D eigenvalue weighted by molar-refractivity contribution is 0.372. The number of hydrogen-bond acceptors (Lipinski definition) is 6. The molecule has 74 valence electrons. The molecule has 0 aromatic carbocycles. The summed E-state index contributed by atoms with van der Waals surface area (Å²) in [5.41, 5.74) is 8.09. The Labute approximate surface area is 85.0 Å². The summed E-state index contributed by atoms with van der Waals surface area (Å²) in [4.78, 5) is 8.26. The highest BCUT2D eigenvalue weighted by Crippen LogP contribution is 2.15. The molecule has 2 aromatic rings. The van der Waals surface area contributed by atoms with Crippen molar-refractivity contribution in [2.75, 3.05) is 0 Å². The number of aromatic nitrogens is 3. The van der Waals surface area contributed by atoms with E-state index < -0.39 is 0 Å². The van der Waals surface area contributed by atoms with E-state index in [1.165, 1.54) is 11.3 Å². The Bertz CT molecular complexity index is 395. The standard InChI is InChI=1S/C8H10N4OS/c1-5(9)2-7-11-8(12-13-7)6-3-14-4-10-6/h3-5H,2,9H2,1H3. The fourth-order valence-corrected chi connectivity index (χ4v) is 1.57. The first-order valence-corrected chi connectivity index (χ1v) is 5.16. The van der Waals surface area contributed by atoms with Crippen LogP contribution in [0.2, 0.25) is 0 Å². The van der Waals surface area contributed by atoms with Crippen molar-refractivity contribution in [1.82, 2.24) is 15.1 Å². The number of thiazole rings is 1. The van der Waals surface area contributed by atoms with E-state index in [1.54, 1.807) is 5.51 Å². The summed E-state index contributed by atoms with van der Waals surface area (Å²) >= 11 is 1.50. The fourth-order valence-electron chi connectivity index (χ4n) is 1.04. The first kappa shape index (κ1) is 9.29. The zero-order valence-corrected chi connectivity index (χ0v) is 8.49. The number of rotatable bonds is 3. The maximum atomic E-state index is 5.61. The van der Waals surface area contributed by atoms with Crippen LogP contribution in [0.5, 0.6) is 0 Å². The van der Waals surface area contributed by atoms with Gasteiger partial charge in [0.25, 0.3) is 0 Å². The van der Waals surface area contributed by atoms with E-state index in [1.807, 2.05) is 12.3 Å². The van der Waals surface area contributed by atoms with Crippen LogP contribution in [0.15, 0.2) is 15.4 Å². The summed E-state index contributed by atoms with van der Waals surface area (Å²) in [5.74, 6) is 1.09. The van der Waals surface area contributed by atoms with Gasteiger partial charge in [0.05, 0.1) is 5.51 Å². The average Bonchev–Trinajstić information content (AvgIpc) is 2.69. The molecule has 2 N–H and O–H groups in total. The van der Waals surface area contributed by atoms with Gasteiger partial charge in [0.1, 0.15) is 5.69 Å². The van der Waals surface area contributed by atoms with E-state index in [-0.39, 0.29) is 6.04 Å². The minimum Gasteiger partial charge on any atom is -0.339 e. The number of nitrogens with zero attached hydrogens (tertiary/aromatic N) is 3. The maximum Gasteiger partial charge on any atom is 0.228 e. The molecule has 2 rings (SSSR count). The molecule has 0 aliphatic carbocycles. The first-order valence-electron chi connectivity index (χ1n) is 4.22. The van der Waals surface area contributed by atoms with E-state index in [9.17, 15) is 0 Å². The third-order valence-electron chi connectivity index (χ3n) is 1.63. The van der Waals surface area contributed by atoms with Crippen LogP contribution < -0.4 is 5.73 Å². The van der Waals surface area contributed by atoms with Crippen LogP contribution in [0.3, 0.4) is 0 Å². The molecule has 5 nitrogen and oxygen atoms in total. The van der Waals surface area contributed by atoms with Crippen molar-refractivity contribution in [3.05, 3.63) is 16.8 Å². The van der Waals surface area contributed by atoms with E-state index in [0.717, 1.165) is 5.69 Å². The Balaban J connectivity index is 2.18. The van der Waals surface area contributed by atoms with Crippen LogP contribution in [-0.2, 0) is 6.42 Å². The minimum absolute atomic E-state index is 0.0266. The highest BCUT2D eigenvalue weighted by atomic mass is 32.1. The van der Waals surface area contributed by atoms with Gasteiger partial charge in [-0.05, 0) is 6.92 Å². The quantitative estimate of drug-likeness (QED) is 0.820. The number of hydrogen-bond donors (Lipinski definition) is 1. The van der Waals surface area contributed by atoms with Crippen LogP contribution in [0.4, 0.5) is 0 Å². The predicted octanol–water partition coefficient (Wildman–Crippen LogP) is 1.08. The van der Waals surface area contributed by atoms with Crippen molar-refractivity contribution < 1.29 is 4.52 Å². The van der Waals surface area contributed by atoms with Gasteiger partial charge in [-0.1, -0.05) is 5.16 Å². The Morgan fingerprint density at radius 1 is 1.64 bits per heavy atom. The Kier molecular flexibility index (Phi) is 2.55. The molecule has 2 aromatic heterocycles. The Hall–Kier alpha value is -1.27. The molecule has 0 radical (unpaired) electrons. The lowest BCUT2D eigenvalue weighted by atomic mass is 10.2. The fraction of sp³-hybridized carbons (Fsp3) is 0.375. The molecular formula is C8H10N4OS. The van der Waals surface area contributed by atoms with E-state index in [4.69, 9.17) is 10.3 Å². The second kappa shape index (κ2) is 3.85. The van der Waals surface area contributed by atoms with Gasteiger partial charge in [0, 0.05) is 17.8 Å². The summed E-state index contributed by atoms with van der Waals surface area (Å²) in [6.07, 6.45) is 0.594. The SMILES string of the molecule is CC(N)Cc1nc(-c2cscn2)no1. The summed E-state index contributed by atoms with van der Waals surface area (Å²) in [7, 11) is 0. The zero-order valence-electron chi connectivity index (χ0n) is 7.67. The third kappa shape index (κ3) is 1.97. The van der Waals surface area contributed by atoms with Gasteiger partial charge in [0.2, 0.25) is 11.7 Å². The normalized spacial score (nSPS) is 13.0. The van der Waals surface area contributed by atoms with Crippen molar-refractivity contribution in [3.63, 3.8) is 0 Å². The maximum absolute atomic E-state index is 5.61. The molecule has 0 spiro atoms. The number of nitrogens with two attached hydrogens (primary N) is 1. The van der Waals surface area contributed by atoms with Gasteiger partial charge in [-0.25, -0.2) is 4.98 Å². The summed E-state index contributed by atoms with van der Waals surface area (Å²) in [6.45, 7) is 1.90. The van der Waals surface area contributed by atoms with Gasteiger partial charge in [-0.3, -0.25) is 0 Å². The van der Waals surface area contributed by atoms with Crippen molar-refractivity contribution >= 4 is 11.3 Å². The van der Waals surface area contributed by atoms with Gasteiger partial charge in [-0.15, -0.1) is 11.3 Å². The predicted molar refractivity (Wildman–Crippen MR) is 52.8 cm³/mol. The first-order chi connectivity index (χ1) is 6.75. The van der Waals surface area contributed by atoms with Crippen LogP contribution >= 0.6 is 11.3 Å².